The van der Waals surface area contributed by atoms with Crippen molar-refractivity contribution in [3.8, 4) is 11.3 Å². The number of nitrogens with zero attached hydrogens (tertiary/aromatic N) is 2. The highest BCUT2D eigenvalue weighted by Gasteiger charge is 2.26. The van der Waals surface area contributed by atoms with E-state index in [0.29, 0.717) is 60.7 Å². The standard InChI is InChI=1S/C28H43N5O6Si/c1-28(2,3)39-27(36)32-21-10-8-9-11-24(34)30-22-16-19(29-26(35)37-4)12-13-20(22)23-17-33(25(21)31-23)18-38-14-15-40(5,6)7/h12-13,16-17,21H,8-11,14-15,18H2,1-7H3,(H,29,35)(H,30,34)(H,32,36). The lowest BCUT2D eigenvalue weighted by atomic mass is 10.1. The summed E-state index contributed by atoms with van der Waals surface area (Å²) in [6.07, 6.45) is 2.91. The molecule has 3 N–H and O–H groups in total. The second-order valence-electron chi connectivity index (χ2n) is 12.2. The van der Waals surface area contributed by atoms with Gasteiger partial charge in [0.05, 0.1) is 24.5 Å². The lowest BCUT2D eigenvalue weighted by Crippen LogP contribution is -2.36. The van der Waals surface area contributed by atoms with Crippen molar-refractivity contribution in [2.45, 2.75) is 90.5 Å². The molecule has 1 aromatic carbocycles. The van der Waals surface area contributed by atoms with Gasteiger partial charge in [0, 0.05) is 38.5 Å². The molecule has 2 heterocycles. The van der Waals surface area contributed by atoms with Gasteiger partial charge in [0.25, 0.3) is 0 Å². The number of carbonyl (C=O) groups is 3. The molecule has 1 aliphatic rings. The van der Waals surface area contributed by atoms with Crippen molar-refractivity contribution in [1.29, 1.82) is 0 Å². The molecule has 0 fully saturated rings. The number of aromatic nitrogens is 2. The molecule has 0 saturated carbocycles. The van der Waals surface area contributed by atoms with Gasteiger partial charge in [-0.3, -0.25) is 10.1 Å². The summed E-state index contributed by atoms with van der Waals surface area (Å²) in [7, 11) is 0.00918. The van der Waals surface area contributed by atoms with Crippen molar-refractivity contribution in [1.82, 2.24) is 14.9 Å². The molecule has 40 heavy (non-hydrogen) atoms. The van der Waals surface area contributed by atoms with Crippen LogP contribution in [0.4, 0.5) is 21.0 Å². The smallest absolute Gasteiger partial charge is 0.411 e. The molecule has 3 amide bonds. The summed E-state index contributed by atoms with van der Waals surface area (Å²) in [5, 5.41) is 8.60. The Morgan fingerprint density at radius 2 is 1.93 bits per heavy atom. The van der Waals surface area contributed by atoms with Gasteiger partial charge >= 0.3 is 12.2 Å². The number of hydrogen-bond acceptors (Lipinski definition) is 7. The van der Waals surface area contributed by atoms with E-state index in [-0.39, 0.29) is 12.6 Å². The summed E-state index contributed by atoms with van der Waals surface area (Å²) in [5.74, 6) is 0.492. The molecular formula is C28H43N5O6Si. The van der Waals surface area contributed by atoms with Crippen LogP contribution in [0.5, 0.6) is 0 Å². The topological polar surface area (TPSA) is 133 Å². The van der Waals surface area contributed by atoms with Crippen molar-refractivity contribution in [3.63, 3.8) is 0 Å². The zero-order valence-electron chi connectivity index (χ0n) is 24.7. The second kappa shape index (κ2) is 13.3. The Balaban J connectivity index is 2.03. The Bertz CT molecular complexity index is 1200. The minimum atomic E-state index is -1.28. The zero-order chi connectivity index (χ0) is 29.5. The molecule has 220 valence electrons. The van der Waals surface area contributed by atoms with Gasteiger partial charge in [-0.2, -0.15) is 0 Å². The molecule has 12 heteroatoms. The molecule has 1 atom stereocenters. The third kappa shape index (κ3) is 9.67. The van der Waals surface area contributed by atoms with Crippen LogP contribution in [0.15, 0.2) is 24.4 Å². The average Bonchev–Trinajstić information content (AvgIpc) is 3.25. The quantitative estimate of drug-likeness (QED) is 0.268. The lowest BCUT2D eigenvalue weighted by Gasteiger charge is -2.24. The largest absolute Gasteiger partial charge is 0.453 e. The first-order valence-corrected chi connectivity index (χ1v) is 17.4. The van der Waals surface area contributed by atoms with E-state index in [1.165, 1.54) is 7.11 Å². The number of anilines is 2. The molecule has 1 unspecified atom stereocenters. The van der Waals surface area contributed by atoms with E-state index in [1.54, 1.807) is 18.2 Å². The number of alkyl carbamates (subject to hydrolysis) is 1. The van der Waals surface area contributed by atoms with Crippen LogP contribution >= 0.6 is 0 Å². The van der Waals surface area contributed by atoms with Gasteiger partial charge in [-0.15, -0.1) is 0 Å². The number of amides is 3. The molecular weight excluding hydrogens is 530 g/mol. The average molecular weight is 574 g/mol. The van der Waals surface area contributed by atoms with Crippen LogP contribution in [-0.2, 0) is 25.7 Å². The molecule has 0 spiro atoms. The molecule has 1 aromatic heterocycles. The van der Waals surface area contributed by atoms with E-state index in [9.17, 15) is 14.4 Å². The summed E-state index contributed by atoms with van der Waals surface area (Å²) in [5.41, 5.74) is 1.59. The van der Waals surface area contributed by atoms with Crippen molar-refractivity contribution in [2.24, 2.45) is 0 Å². The molecule has 3 rings (SSSR count). The Hall–Kier alpha value is -3.38. The van der Waals surface area contributed by atoms with Crippen LogP contribution in [0.2, 0.25) is 25.7 Å². The molecule has 0 saturated heterocycles. The number of fused-ring (bicyclic) bond motifs is 4. The van der Waals surface area contributed by atoms with Crippen LogP contribution in [-0.4, -0.2) is 55.0 Å². The predicted molar refractivity (Wildman–Crippen MR) is 157 cm³/mol. The van der Waals surface area contributed by atoms with E-state index in [4.69, 9.17) is 19.2 Å². The zero-order valence-corrected chi connectivity index (χ0v) is 25.7. The summed E-state index contributed by atoms with van der Waals surface area (Å²) < 4.78 is 18.2. The van der Waals surface area contributed by atoms with Gasteiger partial charge in [0.15, 0.2) is 0 Å². The molecule has 1 aliphatic heterocycles. The third-order valence-corrected chi connectivity index (χ3v) is 7.89. The summed E-state index contributed by atoms with van der Waals surface area (Å²) in [4.78, 5) is 42.3. The minimum absolute atomic E-state index is 0.150. The van der Waals surface area contributed by atoms with Crippen LogP contribution < -0.4 is 16.0 Å². The number of nitrogens with one attached hydrogen (secondary N) is 3. The lowest BCUT2D eigenvalue weighted by molar-refractivity contribution is -0.116. The van der Waals surface area contributed by atoms with Crippen LogP contribution in [0, 0.1) is 0 Å². The highest BCUT2D eigenvalue weighted by molar-refractivity contribution is 6.76. The predicted octanol–water partition coefficient (Wildman–Crippen LogP) is 6.12. The Labute approximate surface area is 237 Å². The van der Waals surface area contributed by atoms with E-state index in [1.807, 2.05) is 31.5 Å². The van der Waals surface area contributed by atoms with Gasteiger partial charge < -0.3 is 29.4 Å². The molecule has 2 aromatic rings. The fraction of sp³-hybridized carbons (Fsp3) is 0.571. The normalized spacial score (nSPS) is 16.1. The molecule has 0 aliphatic carbocycles. The number of ether oxygens (including phenoxy) is 3. The first kappa shape index (κ1) is 31.1. The number of carbonyl (C=O) groups excluding carboxylic acids is 3. The Morgan fingerprint density at radius 1 is 1.18 bits per heavy atom. The first-order chi connectivity index (χ1) is 18.7. The minimum Gasteiger partial charge on any atom is -0.453 e. The van der Waals surface area contributed by atoms with Gasteiger partial charge in [0.1, 0.15) is 18.2 Å². The van der Waals surface area contributed by atoms with Crippen molar-refractivity contribution < 1.29 is 28.6 Å². The fourth-order valence-corrected chi connectivity index (χ4v) is 4.92. The van der Waals surface area contributed by atoms with Crippen molar-refractivity contribution >= 4 is 37.5 Å². The summed E-state index contributed by atoms with van der Waals surface area (Å²) in [6, 6.07) is 5.75. The second-order valence-corrected chi connectivity index (χ2v) is 17.8. The van der Waals surface area contributed by atoms with Crippen LogP contribution in [0.25, 0.3) is 11.3 Å². The van der Waals surface area contributed by atoms with E-state index in [0.717, 1.165) is 6.04 Å². The number of rotatable bonds is 7. The van der Waals surface area contributed by atoms with Gasteiger partial charge in [-0.1, -0.05) is 26.1 Å². The van der Waals surface area contributed by atoms with E-state index < -0.39 is 31.9 Å². The third-order valence-electron chi connectivity index (χ3n) is 6.18. The molecule has 11 nitrogen and oxygen atoms in total. The monoisotopic (exact) mass is 573 g/mol. The van der Waals surface area contributed by atoms with Crippen molar-refractivity contribution in [3.05, 3.63) is 30.2 Å². The van der Waals surface area contributed by atoms with E-state index in [2.05, 4.69) is 35.6 Å². The van der Waals surface area contributed by atoms with Crippen LogP contribution in [0.3, 0.4) is 0 Å². The van der Waals surface area contributed by atoms with Gasteiger partial charge in [-0.05, 0) is 57.9 Å². The van der Waals surface area contributed by atoms with Gasteiger partial charge in [-0.25, -0.2) is 14.6 Å². The number of hydrogen-bond donors (Lipinski definition) is 3. The number of imidazole rings is 1. The first-order valence-electron chi connectivity index (χ1n) is 13.7. The van der Waals surface area contributed by atoms with Crippen molar-refractivity contribution in [2.75, 3.05) is 24.4 Å². The Kier molecular flexibility index (Phi) is 10.4. The maximum Gasteiger partial charge on any atom is 0.411 e. The summed E-state index contributed by atoms with van der Waals surface area (Å²) >= 11 is 0. The van der Waals surface area contributed by atoms with Crippen LogP contribution in [0.1, 0.15) is 58.3 Å². The maximum atomic E-state index is 12.8. The highest BCUT2D eigenvalue weighted by atomic mass is 28.3. The van der Waals surface area contributed by atoms with E-state index >= 15 is 0 Å². The molecule has 2 bridgehead atoms. The molecule has 0 radical (unpaired) electrons. The number of benzene rings is 1. The number of methoxy groups -OCH3 is 1. The Morgan fingerprint density at radius 3 is 2.60 bits per heavy atom. The van der Waals surface area contributed by atoms with Gasteiger partial charge in [0.2, 0.25) is 5.91 Å². The fourth-order valence-electron chi connectivity index (χ4n) is 4.16. The SMILES string of the molecule is COC(=O)Nc1ccc2c(c1)NC(=O)CCCCC(NC(=O)OC(C)(C)C)c1nc-2cn1COCC[Si](C)(C)C. The summed E-state index contributed by atoms with van der Waals surface area (Å²) in [6.45, 7) is 13.2. The highest BCUT2D eigenvalue weighted by Crippen LogP contribution is 2.33. The maximum absolute atomic E-state index is 12.8.